The highest BCUT2D eigenvalue weighted by atomic mass is 35.5. The van der Waals surface area contributed by atoms with Crippen LogP contribution in [0.2, 0.25) is 10.0 Å². The van der Waals surface area contributed by atoms with Gasteiger partial charge in [-0.3, -0.25) is 4.79 Å². The van der Waals surface area contributed by atoms with Crippen LogP contribution < -0.4 is 5.32 Å². The van der Waals surface area contributed by atoms with Crippen molar-refractivity contribution >= 4 is 35.1 Å². The van der Waals surface area contributed by atoms with Gasteiger partial charge in [-0.05, 0) is 24.1 Å². The van der Waals surface area contributed by atoms with Gasteiger partial charge in [-0.15, -0.1) is 0 Å². The van der Waals surface area contributed by atoms with E-state index in [1.807, 2.05) is 0 Å². The molecular formula is C12H13Cl2NO3. The third-order valence-electron chi connectivity index (χ3n) is 2.39. The van der Waals surface area contributed by atoms with E-state index in [1.165, 1.54) is 0 Å². The Morgan fingerprint density at radius 1 is 1.33 bits per heavy atom. The van der Waals surface area contributed by atoms with Crippen LogP contribution >= 0.6 is 23.2 Å². The molecule has 98 valence electrons. The fraction of sp³-hybridized carbons (Fsp3) is 0.333. The average Bonchev–Trinajstić information content (AvgIpc) is 2.30. The van der Waals surface area contributed by atoms with Gasteiger partial charge in [-0.1, -0.05) is 36.2 Å². The molecule has 0 aliphatic heterocycles. The summed E-state index contributed by atoms with van der Waals surface area (Å²) in [6, 6.07) is 4.00. The molecule has 0 aliphatic rings. The highest BCUT2D eigenvalue weighted by molar-refractivity contribution is 6.42. The molecule has 6 heteroatoms. The molecule has 18 heavy (non-hydrogen) atoms. The minimum Gasteiger partial charge on any atom is -0.480 e. The first-order valence-corrected chi connectivity index (χ1v) is 6.15. The summed E-state index contributed by atoms with van der Waals surface area (Å²) in [7, 11) is 0. The summed E-state index contributed by atoms with van der Waals surface area (Å²) in [6.45, 7) is 1.69. The number of hydrogen-bond donors (Lipinski definition) is 2. The van der Waals surface area contributed by atoms with E-state index in [2.05, 4.69) is 5.32 Å². The lowest BCUT2D eigenvalue weighted by atomic mass is 10.1. The quantitative estimate of drug-likeness (QED) is 0.875. The highest BCUT2D eigenvalue weighted by Gasteiger charge is 2.17. The van der Waals surface area contributed by atoms with Crippen LogP contribution in [0.4, 0.5) is 0 Å². The summed E-state index contributed by atoms with van der Waals surface area (Å²) in [5.41, 5.74) is 0.683. The second-order valence-corrected chi connectivity index (χ2v) is 4.61. The van der Waals surface area contributed by atoms with Gasteiger partial charge in [-0.2, -0.15) is 0 Å². The third-order valence-corrected chi connectivity index (χ3v) is 3.13. The highest BCUT2D eigenvalue weighted by Crippen LogP contribution is 2.22. The molecular weight excluding hydrogens is 277 g/mol. The van der Waals surface area contributed by atoms with Gasteiger partial charge in [-0.25, -0.2) is 4.79 Å². The fourth-order valence-corrected chi connectivity index (χ4v) is 1.74. The van der Waals surface area contributed by atoms with E-state index >= 15 is 0 Å². The normalized spacial score (nSPS) is 11.9. The van der Waals surface area contributed by atoms with Crippen LogP contribution in [-0.4, -0.2) is 23.0 Å². The van der Waals surface area contributed by atoms with Crippen LogP contribution in [0.25, 0.3) is 0 Å². The molecule has 2 N–H and O–H groups in total. The number of amides is 1. The van der Waals surface area contributed by atoms with Crippen LogP contribution in [-0.2, 0) is 16.0 Å². The van der Waals surface area contributed by atoms with E-state index in [1.54, 1.807) is 25.1 Å². The molecule has 1 atom stereocenters. The summed E-state index contributed by atoms with van der Waals surface area (Å²) in [5.74, 6) is -1.40. The maximum atomic E-state index is 11.6. The van der Waals surface area contributed by atoms with Crippen LogP contribution in [0.5, 0.6) is 0 Å². The Bertz CT molecular complexity index is 463. The molecule has 0 heterocycles. The Kier molecular flexibility index (Phi) is 5.44. The minimum absolute atomic E-state index is 0.0701. The zero-order valence-corrected chi connectivity index (χ0v) is 11.3. The van der Waals surface area contributed by atoms with Gasteiger partial charge < -0.3 is 10.4 Å². The smallest absolute Gasteiger partial charge is 0.326 e. The summed E-state index contributed by atoms with van der Waals surface area (Å²) in [4.78, 5) is 22.4. The molecule has 1 aromatic rings. The first-order valence-electron chi connectivity index (χ1n) is 5.40. The van der Waals surface area contributed by atoms with E-state index in [4.69, 9.17) is 28.3 Å². The van der Waals surface area contributed by atoms with Crippen molar-refractivity contribution in [3.63, 3.8) is 0 Å². The molecule has 0 radical (unpaired) electrons. The lowest BCUT2D eigenvalue weighted by molar-refractivity contribution is -0.141. The van der Waals surface area contributed by atoms with E-state index in [0.717, 1.165) is 0 Å². The standard InChI is InChI=1S/C12H13Cl2NO3/c1-2-10(12(17)18)15-11(16)6-7-3-4-8(13)9(14)5-7/h3-5,10H,2,6H2,1H3,(H,15,16)(H,17,18)/t10-/m0/s1. The molecule has 0 saturated heterocycles. The number of halogens is 2. The summed E-state index contributed by atoms with van der Waals surface area (Å²) < 4.78 is 0. The zero-order valence-electron chi connectivity index (χ0n) is 9.74. The Labute approximate surface area is 115 Å². The van der Waals surface area contributed by atoms with Crippen molar-refractivity contribution in [1.82, 2.24) is 5.32 Å². The number of nitrogens with one attached hydrogen (secondary N) is 1. The number of hydrogen-bond acceptors (Lipinski definition) is 2. The monoisotopic (exact) mass is 289 g/mol. The number of carboxylic acids is 1. The van der Waals surface area contributed by atoms with Gasteiger partial charge in [0, 0.05) is 0 Å². The fourth-order valence-electron chi connectivity index (χ4n) is 1.42. The molecule has 0 unspecified atom stereocenters. The molecule has 0 saturated carbocycles. The SMILES string of the molecule is CC[C@H](NC(=O)Cc1ccc(Cl)c(Cl)c1)C(=O)O. The molecule has 0 aromatic heterocycles. The van der Waals surface area contributed by atoms with Crippen molar-refractivity contribution in [1.29, 1.82) is 0 Å². The average molecular weight is 290 g/mol. The lowest BCUT2D eigenvalue weighted by Crippen LogP contribution is -2.40. The van der Waals surface area contributed by atoms with E-state index in [-0.39, 0.29) is 12.3 Å². The molecule has 1 rings (SSSR count). The zero-order chi connectivity index (χ0) is 13.7. The minimum atomic E-state index is -1.04. The van der Waals surface area contributed by atoms with Gasteiger partial charge in [0.1, 0.15) is 6.04 Å². The van der Waals surface area contributed by atoms with Crippen molar-refractivity contribution in [2.45, 2.75) is 25.8 Å². The maximum absolute atomic E-state index is 11.6. The predicted octanol–water partition coefficient (Wildman–Crippen LogP) is 2.52. The van der Waals surface area contributed by atoms with Crippen molar-refractivity contribution in [2.75, 3.05) is 0 Å². The Balaban J connectivity index is 2.64. The maximum Gasteiger partial charge on any atom is 0.326 e. The van der Waals surface area contributed by atoms with Crippen LogP contribution in [0, 0.1) is 0 Å². The van der Waals surface area contributed by atoms with Gasteiger partial charge in [0.25, 0.3) is 0 Å². The van der Waals surface area contributed by atoms with E-state index in [9.17, 15) is 9.59 Å². The largest absolute Gasteiger partial charge is 0.480 e. The van der Waals surface area contributed by atoms with E-state index < -0.39 is 12.0 Å². The second kappa shape index (κ2) is 6.61. The first-order chi connectivity index (χ1) is 8.43. The van der Waals surface area contributed by atoms with Crippen molar-refractivity contribution in [3.8, 4) is 0 Å². The van der Waals surface area contributed by atoms with Gasteiger partial charge in [0.15, 0.2) is 0 Å². The number of aliphatic carboxylic acids is 1. The van der Waals surface area contributed by atoms with Crippen molar-refractivity contribution in [2.24, 2.45) is 0 Å². The number of benzene rings is 1. The predicted molar refractivity (Wildman–Crippen MR) is 70.0 cm³/mol. The van der Waals surface area contributed by atoms with Gasteiger partial charge in [0.05, 0.1) is 16.5 Å². The number of carbonyl (C=O) groups is 2. The molecule has 0 fully saturated rings. The molecule has 0 bridgehead atoms. The molecule has 4 nitrogen and oxygen atoms in total. The topological polar surface area (TPSA) is 66.4 Å². The molecule has 1 amide bonds. The third kappa shape index (κ3) is 4.20. The molecule has 0 aliphatic carbocycles. The van der Waals surface area contributed by atoms with Crippen LogP contribution in [0.1, 0.15) is 18.9 Å². The second-order valence-electron chi connectivity index (χ2n) is 3.79. The summed E-state index contributed by atoms with van der Waals surface area (Å²) >= 11 is 11.6. The van der Waals surface area contributed by atoms with Crippen LogP contribution in [0.15, 0.2) is 18.2 Å². The summed E-state index contributed by atoms with van der Waals surface area (Å²) in [6.07, 6.45) is 0.406. The molecule has 1 aromatic carbocycles. The lowest BCUT2D eigenvalue weighted by Gasteiger charge is -2.12. The number of carboxylic acid groups (broad SMARTS) is 1. The number of carbonyl (C=O) groups excluding carboxylic acids is 1. The van der Waals surface area contributed by atoms with Gasteiger partial charge >= 0.3 is 5.97 Å². The Morgan fingerprint density at radius 3 is 2.50 bits per heavy atom. The first kappa shape index (κ1) is 14.8. The molecule has 0 spiro atoms. The number of rotatable bonds is 5. The van der Waals surface area contributed by atoms with Gasteiger partial charge in [0.2, 0.25) is 5.91 Å². The van der Waals surface area contributed by atoms with E-state index in [0.29, 0.717) is 22.0 Å². The van der Waals surface area contributed by atoms with Crippen molar-refractivity contribution in [3.05, 3.63) is 33.8 Å². The Hall–Kier alpha value is -1.26. The van der Waals surface area contributed by atoms with Crippen LogP contribution in [0.3, 0.4) is 0 Å². The Morgan fingerprint density at radius 2 is 2.00 bits per heavy atom. The van der Waals surface area contributed by atoms with Crippen molar-refractivity contribution < 1.29 is 14.7 Å². The summed E-state index contributed by atoms with van der Waals surface area (Å²) in [5, 5.41) is 12.0.